The lowest BCUT2D eigenvalue weighted by Gasteiger charge is -2.09. The van der Waals surface area contributed by atoms with Crippen LogP contribution in [0.3, 0.4) is 0 Å². The second-order valence-corrected chi connectivity index (χ2v) is 4.79. The van der Waals surface area contributed by atoms with Gasteiger partial charge in [-0.25, -0.2) is 0 Å². The fourth-order valence-electron chi connectivity index (χ4n) is 2.15. The summed E-state index contributed by atoms with van der Waals surface area (Å²) in [5.41, 5.74) is 8.21. The highest BCUT2D eigenvalue weighted by Crippen LogP contribution is 2.24. The van der Waals surface area contributed by atoms with Crippen molar-refractivity contribution in [2.45, 2.75) is 34.1 Å². The van der Waals surface area contributed by atoms with Gasteiger partial charge in [-0.05, 0) is 60.6 Å². The van der Waals surface area contributed by atoms with Gasteiger partial charge in [0.05, 0.1) is 0 Å². The summed E-state index contributed by atoms with van der Waals surface area (Å²) in [7, 11) is 0. The van der Waals surface area contributed by atoms with Crippen molar-refractivity contribution in [1.29, 1.82) is 0 Å². The van der Waals surface area contributed by atoms with Crippen LogP contribution in [0.4, 0.5) is 0 Å². The van der Waals surface area contributed by atoms with Crippen molar-refractivity contribution < 1.29 is 0 Å². The minimum Gasteiger partial charge on any atom is -0.0613 e. The van der Waals surface area contributed by atoms with Gasteiger partial charge >= 0.3 is 0 Å². The van der Waals surface area contributed by atoms with Crippen LogP contribution in [0.25, 0.3) is 11.1 Å². The van der Waals surface area contributed by atoms with Crippen LogP contribution in [-0.2, 0) is 6.42 Å². The third kappa shape index (κ3) is 2.41. The van der Waals surface area contributed by atoms with Crippen LogP contribution >= 0.6 is 0 Å². The van der Waals surface area contributed by atoms with Crippen molar-refractivity contribution in [1.82, 2.24) is 0 Å². The molecule has 2 aromatic carbocycles. The normalized spacial score (nSPS) is 10.6. The zero-order valence-electron chi connectivity index (χ0n) is 11.2. The summed E-state index contributed by atoms with van der Waals surface area (Å²) in [6.45, 7) is 8.73. The third-order valence-corrected chi connectivity index (χ3v) is 3.57. The van der Waals surface area contributed by atoms with Crippen molar-refractivity contribution in [3.8, 4) is 11.1 Å². The van der Waals surface area contributed by atoms with Crippen molar-refractivity contribution in [3.63, 3.8) is 0 Å². The molecule has 0 atom stereocenters. The Labute approximate surface area is 104 Å². The SMILES string of the molecule is CCc1cc(-c2ccc(C)c(C)c2)ccc1C. The maximum Gasteiger partial charge on any atom is -0.0181 e. The number of benzene rings is 2. The van der Waals surface area contributed by atoms with Crippen LogP contribution in [0.1, 0.15) is 29.2 Å². The Bertz CT molecular complexity index is 536. The first-order valence-electron chi connectivity index (χ1n) is 6.29. The number of hydrogen-bond acceptors (Lipinski definition) is 0. The first-order chi connectivity index (χ1) is 8.11. The number of rotatable bonds is 2. The van der Waals surface area contributed by atoms with Gasteiger partial charge in [-0.1, -0.05) is 43.3 Å². The molecule has 0 saturated carbocycles. The average Bonchev–Trinajstić information content (AvgIpc) is 2.33. The van der Waals surface area contributed by atoms with Crippen LogP contribution in [0.2, 0.25) is 0 Å². The molecular formula is C17H20. The minimum atomic E-state index is 1.10. The van der Waals surface area contributed by atoms with E-state index >= 15 is 0 Å². The van der Waals surface area contributed by atoms with E-state index in [2.05, 4.69) is 64.1 Å². The van der Waals surface area contributed by atoms with Crippen molar-refractivity contribution in [3.05, 3.63) is 58.7 Å². The van der Waals surface area contributed by atoms with Crippen LogP contribution in [-0.4, -0.2) is 0 Å². The molecule has 0 unspecified atom stereocenters. The van der Waals surface area contributed by atoms with E-state index in [1.165, 1.54) is 33.4 Å². The van der Waals surface area contributed by atoms with Gasteiger partial charge in [0.15, 0.2) is 0 Å². The summed E-state index contributed by atoms with van der Waals surface area (Å²) in [5, 5.41) is 0. The summed E-state index contributed by atoms with van der Waals surface area (Å²) >= 11 is 0. The highest BCUT2D eigenvalue weighted by atomic mass is 14.1. The van der Waals surface area contributed by atoms with E-state index in [1.807, 2.05) is 0 Å². The van der Waals surface area contributed by atoms with Gasteiger partial charge in [0.2, 0.25) is 0 Å². The molecule has 0 N–H and O–H groups in total. The number of hydrogen-bond donors (Lipinski definition) is 0. The van der Waals surface area contributed by atoms with E-state index in [4.69, 9.17) is 0 Å². The van der Waals surface area contributed by atoms with E-state index in [0.717, 1.165) is 6.42 Å². The van der Waals surface area contributed by atoms with Gasteiger partial charge in [-0.2, -0.15) is 0 Å². The highest BCUT2D eigenvalue weighted by molar-refractivity contribution is 5.66. The molecule has 0 fully saturated rings. The molecule has 0 nitrogen and oxygen atoms in total. The van der Waals surface area contributed by atoms with Crippen LogP contribution in [0, 0.1) is 20.8 Å². The predicted molar refractivity (Wildman–Crippen MR) is 75.5 cm³/mol. The topological polar surface area (TPSA) is 0 Å². The van der Waals surface area contributed by atoms with Gasteiger partial charge in [-0.3, -0.25) is 0 Å². The Hall–Kier alpha value is -1.56. The first-order valence-corrected chi connectivity index (χ1v) is 6.29. The molecule has 2 aromatic rings. The lowest BCUT2D eigenvalue weighted by atomic mass is 9.96. The Morgan fingerprint density at radius 2 is 1.29 bits per heavy atom. The van der Waals surface area contributed by atoms with Crippen molar-refractivity contribution >= 4 is 0 Å². The molecule has 88 valence electrons. The Morgan fingerprint density at radius 1 is 0.706 bits per heavy atom. The average molecular weight is 224 g/mol. The summed E-state index contributed by atoms with van der Waals surface area (Å²) in [6, 6.07) is 13.5. The van der Waals surface area contributed by atoms with Gasteiger partial charge in [0.25, 0.3) is 0 Å². The fraction of sp³-hybridized carbons (Fsp3) is 0.294. The Balaban J connectivity index is 2.49. The molecular weight excluding hydrogens is 204 g/mol. The zero-order chi connectivity index (χ0) is 12.4. The lowest BCUT2D eigenvalue weighted by Crippen LogP contribution is -1.89. The van der Waals surface area contributed by atoms with Gasteiger partial charge in [0.1, 0.15) is 0 Å². The summed E-state index contributed by atoms with van der Waals surface area (Å²) in [5.74, 6) is 0. The molecule has 0 saturated heterocycles. The summed E-state index contributed by atoms with van der Waals surface area (Å²) < 4.78 is 0. The summed E-state index contributed by atoms with van der Waals surface area (Å²) in [4.78, 5) is 0. The van der Waals surface area contributed by atoms with Gasteiger partial charge < -0.3 is 0 Å². The van der Waals surface area contributed by atoms with Crippen LogP contribution in [0.15, 0.2) is 36.4 Å². The molecule has 0 aliphatic heterocycles. The second-order valence-electron chi connectivity index (χ2n) is 4.79. The second kappa shape index (κ2) is 4.75. The number of aryl methyl sites for hydroxylation is 4. The van der Waals surface area contributed by atoms with E-state index in [0.29, 0.717) is 0 Å². The zero-order valence-corrected chi connectivity index (χ0v) is 11.2. The summed E-state index contributed by atoms with van der Waals surface area (Å²) in [6.07, 6.45) is 1.10. The van der Waals surface area contributed by atoms with Crippen LogP contribution in [0.5, 0.6) is 0 Å². The molecule has 0 amide bonds. The molecule has 0 aliphatic rings. The molecule has 0 bridgehead atoms. The van der Waals surface area contributed by atoms with Gasteiger partial charge in [-0.15, -0.1) is 0 Å². The maximum absolute atomic E-state index is 2.32. The lowest BCUT2D eigenvalue weighted by molar-refractivity contribution is 1.11. The van der Waals surface area contributed by atoms with Gasteiger partial charge in [0, 0.05) is 0 Å². The third-order valence-electron chi connectivity index (χ3n) is 3.57. The predicted octanol–water partition coefficient (Wildman–Crippen LogP) is 4.84. The minimum absolute atomic E-state index is 1.10. The Morgan fingerprint density at radius 3 is 1.88 bits per heavy atom. The molecule has 0 aromatic heterocycles. The molecule has 0 aliphatic carbocycles. The maximum atomic E-state index is 2.32. The van der Waals surface area contributed by atoms with E-state index in [9.17, 15) is 0 Å². The van der Waals surface area contributed by atoms with E-state index in [-0.39, 0.29) is 0 Å². The molecule has 2 rings (SSSR count). The molecule has 0 heteroatoms. The monoisotopic (exact) mass is 224 g/mol. The van der Waals surface area contributed by atoms with E-state index < -0.39 is 0 Å². The quantitative estimate of drug-likeness (QED) is 0.684. The smallest absolute Gasteiger partial charge is 0.0181 e. The van der Waals surface area contributed by atoms with E-state index in [1.54, 1.807) is 0 Å². The molecule has 0 radical (unpaired) electrons. The fourth-order valence-corrected chi connectivity index (χ4v) is 2.15. The largest absolute Gasteiger partial charge is 0.0613 e. The van der Waals surface area contributed by atoms with Crippen molar-refractivity contribution in [2.75, 3.05) is 0 Å². The van der Waals surface area contributed by atoms with Crippen molar-refractivity contribution in [2.24, 2.45) is 0 Å². The van der Waals surface area contributed by atoms with Crippen LogP contribution < -0.4 is 0 Å². The first kappa shape index (κ1) is 11.9. The standard InChI is InChI=1S/C17H20/c1-5-15-11-17(9-7-13(15)3)16-8-6-12(2)14(4)10-16/h6-11H,5H2,1-4H3. The highest BCUT2D eigenvalue weighted by Gasteiger charge is 2.02. The molecule has 17 heavy (non-hydrogen) atoms. The molecule has 0 heterocycles. The Kier molecular flexibility index (Phi) is 3.33. The molecule has 0 spiro atoms.